The summed E-state index contributed by atoms with van der Waals surface area (Å²) < 4.78 is 0. The first-order valence-electron chi connectivity index (χ1n) is 9.85. The molecule has 27 heavy (non-hydrogen) atoms. The molecule has 0 saturated heterocycles. The summed E-state index contributed by atoms with van der Waals surface area (Å²) >= 11 is 1.37. The maximum Gasteiger partial charge on any atom is 0.234 e. The van der Waals surface area contributed by atoms with E-state index in [0.29, 0.717) is 10.9 Å². The minimum absolute atomic E-state index is 0.0189. The highest BCUT2D eigenvalue weighted by atomic mass is 32.2. The number of rotatable bonds is 7. The summed E-state index contributed by atoms with van der Waals surface area (Å²) in [6, 6.07) is 7.97. The van der Waals surface area contributed by atoms with Crippen molar-refractivity contribution in [3.8, 4) is 0 Å². The number of carbonyl (C=O) groups is 1. The molecule has 6 heteroatoms. The second kappa shape index (κ2) is 8.91. The highest BCUT2D eigenvalue weighted by Gasteiger charge is 2.19. The van der Waals surface area contributed by atoms with Crippen molar-refractivity contribution in [2.24, 2.45) is 5.92 Å². The molecule has 1 aliphatic rings. The fourth-order valence-corrected chi connectivity index (χ4v) is 4.27. The molecule has 5 nitrogen and oxygen atoms in total. The molecule has 1 amide bonds. The molecule has 0 unspecified atom stereocenters. The predicted molar refractivity (Wildman–Crippen MR) is 111 cm³/mol. The number of carbonyl (C=O) groups excluding carboxylic acids is 1. The molecule has 0 spiro atoms. The van der Waals surface area contributed by atoms with Crippen LogP contribution in [0.15, 0.2) is 29.4 Å². The van der Waals surface area contributed by atoms with Gasteiger partial charge in [-0.2, -0.15) is 0 Å². The zero-order valence-electron chi connectivity index (χ0n) is 16.5. The lowest BCUT2D eigenvalue weighted by atomic mass is 9.86. The van der Waals surface area contributed by atoms with Gasteiger partial charge in [-0.1, -0.05) is 76.4 Å². The Hall–Kier alpha value is -1.82. The van der Waals surface area contributed by atoms with Gasteiger partial charge in [-0.25, -0.2) is 4.98 Å². The SMILES string of the molecule is CC(C)(C)c1ccccc1NC(=O)CSc1n[nH]c(CCC2CCCC2)n1. The number of hydrogen-bond acceptors (Lipinski definition) is 4. The minimum atomic E-state index is -0.0333. The quantitative estimate of drug-likeness (QED) is 0.660. The summed E-state index contributed by atoms with van der Waals surface area (Å²) in [5, 5.41) is 10.9. The average Bonchev–Trinajstić information content (AvgIpc) is 3.29. The second-order valence-corrected chi connectivity index (χ2v) is 9.33. The lowest BCUT2D eigenvalue weighted by Crippen LogP contribution is -2.19. The first-order chi connectivity index (χ1) is 12.9. The fraction of sp³-hybridized carbons (Fsp3) is 0.571. The van der Waals surface area contributed by atoms with E-state index in [2.05, 4.69) is 47.3 Å². The molecule has 1 aliphatic carbocycles. The summed E-state index contributed by atoms with van der Waals surface area (Å²) in [5.41, 5.74) is 1.99. The first kappa shape index (κ1) is 19.9. The molecule has 3 rings (SSSR count). The lowest BCUT2D eigenvalue weighted by molar-refractivity contribution is -0.113. The predicted octanol–water partition coefficient (Wildman–Crippen LogP) is 4.96. The van der Waals surface area contributed by atoms with E-state index < -0.39 is 0 Å². The zero-order chi connectivity index (χ0) is 19.3. The van der Waals surface area contributed by atoms with Crippen LogP contribution < -0.4 is 5.32 Å². The van der Waals surface area contributed by atoms with E-state index in [1.54, 1.807) is 0 Å². The molecule has 1 aromatic carbocycles. The van der Waals surface area contributed by atoms with Gasteiger partial charge in [0.2, 0.25) is 11.1 Å². The average molecular weight is 387 g/mol. The van der Waals surface area contributed by atoms with E-state index in [0.717, 1.165) is 29.4 Å². The monoisotopic (exact) mass is 386 g/mol. The van der Waals surface area contributed by atoms with Crippen LogP contribution in [-0.2, 0) is 16.6 Å². The summed E-state index contributed by atoms with van der Waals surface area (Å²) in [7, 11) is 0. The van der Waals surface area contributed by atoms with E-state index in [4.69, 9.17) is 0 Å². The van der Waals surface area contributed by atoms with Crippen LogP contribution in [-0.4, -0.2) is 26.8 Å². The Morgan fingerprint density at radius 2 is 2.00 bits per heavy atom. The molecule has 2 aromatic rings. The molecule has 1 saturated carbocycles. The van der Waals surface area contributed by atoms with E-state index in [1.807, 2.05) is 18.2 Å². The molecule has 146 valence electrons. The number of thioether (sulfide) groups is 1. The van der Waals surface area contributed by atoms with Crippen molar-refractivity contribution in [1.82, 2.24) is 15.2 Å². The van der Waals surface area contributed by atoms with E-state index in [1.165, 1.54) is 43.9 Å². The Morgan fingerprint density at radius 1 is 1.26 bits per heavy atom. The topological polar surface area (TPSA) is 70.7 Å². The van der Waals surface area contributed by atoms with E-state index in [9.17, 15) is 4.79 Å². The van der Waals surface area contributed by atoms with Gasteiger partial charge in [0, 0.05) is 12.1 Å². The first-order valence-corrected chi connectivity index (χ1v) is 10.8. The third kappa shape index (κ3) is 5.83. The van der Waals surface area contributed by atoms with Gasteiger partial charge in [-0.15, -0.1) is 5.10 Å². The van der Waals surface area contributed by atoms with Crippen LogP contribution in [0.1, 0.15) is 64.3 Å². The van der Waals surface area contributed by atoms with Crippen molar-refractivity contribution < 1.29 is 4.79 Å². The van der Waals surface area contributed by atoms with Gasteiger partial charge in [0.15, 0.2) is 0 Å². The van der Waals surface area contributed by atoms with Crippen LogP contribution in [0.3, 0.4) is 0 Å². The standard InChI is InChI=1S/C21H30N4OS/c1-21(2,3)16-10-6-7-11-17(16)22-19(26)14-27-20-23-18(24-25-20)13-12-15-8-4-5-9-15/h6-7,10-11,15H,4-5,8-9,12-14H2,1-3H3,(H,22,26)(H,23,24,25). The molecule has 1 heterocycles. The smallest absolute Gasteiger partial charge is 0.234 e. The van der Waals surface area contributed by atoms with Gasteiger partial charge in [0.1, 0.15) is 5.82 Å². The van der Waals surface area contributed by atoms with Gasteiger partial charge < -0.3 is 5.32 Å². The molecule has 1 aromatic heterocycles. The zero-order valence-corrected chi connectivity index (χ0v) is 17.4. The van der Waals surface area contributed by atoms with Gasteiger partial charge >= 0.3 is 0 Å². The van der Waals surface area contributed by atoms with Crippen molar-refractivity contribution >= 4 is 23.4 Å². The van der Waals surface area contributed by atoms with E-state index in [-0.39, 0.29) is 11.3 Å². The number of hydrogen-bond donors (Lipinski definition) is 2. The van der Waals surface area contributed by atoms with Crippen LogP contribution in [0.2, 0.25) is 0 Å². The molecule has 0 bridgehead atoms. The summed E-state index contributed by atoms with van der Waals surface area (Å²) in [4.78, 5) is 16.9. The molecule has 0 radical (unpaired) electrons. The summed E-state index contributed by atoms with van der Waals surface area (Å²) in [6.45, 7) is 6.44. The minimum Gasteiger partial charge on any atom is -0.325 e. The van der Waals surface area contributed by atoms with Crippen molar-refractivity contribution in [2.45, 2.75) is 69.9 Å². The number of anilines is 1. The number of H-pyrrole nitrogens is 1. The van der Waals surface area contributed by atoms with Gasteiger partial charge in [0.25, 0.3) is 0 Å². The van der Waals surface area contributed by atoms with Crippen molar-refractivity contribution in [2.75, 3.05) is 11.1 Å². The number of aromatic amines is 1. The highest BCUT2D eigenvalue weighted by Crippen LogP contribution is 2.30. The number of amides is 1. The number of aryl methyl sites for hydroxylation is 1. The summed E-state index contributed by atoms with van der Waals surface area (Å²) in [6.07, 6.45) is 7.58. The number of nitrogens with zero attached hydrogens (tertiary/aromatic N) is 2. The van der Waals surface area contributed by atoms with Crippen LogP contribution in [0, 0.1) is 5.92 Å². The number of nitrogens with one attached hydrogen (secondary N) is 2. The fourth-order valence-electron chi connectivity index (χ4n) is 3.66. The van der Waals surface area contributed by atoms with Crippen LogP contribution in [0.25, 0.3) is 0 Å². The number of benzene rings is 1. The highest BCUT2D eigenvalue weighted by molar-refractivity contribution is 7.99. The van der Waals surface area contributed by atoms with Crippen molar-refractivity contribution in [3.63, 3.8) is 0 Å². The van der Waals surface area contributed by atoms with E-state index >= 15 is 0 Å². The van der Waals surface area contributed by atoms with Crippen LogP contribution >= 0.6 is 11.8 Å². The summed E-state index contributed by atoms with van der Waals surface area (Å²) in [5.74, 6) is 2.05. The van der Waals surface area contributed by atoms with Crippen LogP contribution in [0.5, 0.6) is 0 Å². The normalized spacial score (nSPS) is 15.2. The Bertz CT molecular complexity index is 760. The molecule has 0 atom stereocenters. The molecule has 2 N–H and O–H groups in total. The molecule has 0 aliphatic heterocycles. The van der Waals surface area contributed by atoms with Crippen molar-refractivity contribution in [3.05, 3.63) is 35.7 Å². The Labute approximate surface area is 166 Å². The van der Waals surface area contributed by atoms with Gasteiger partial charge in [-0.05, 0) is 29.4 Å². The largest absolute Gasteiger partial charge is 0.325 e. The van der Waals surface area contributed by atoms with Gasteiger partial charge in [-0.3, -0.25) is 9.89 Å². The molecular weight excluding hydrogens is 356 g/mol. The lowest BCUT2D eigenvalue weighted by Gasteiger charge is -2.22. The number of aromatic nitrogens is 3. The third-order valence-corrected chi connectivity index (χ3v) is 5.96. The van der Waals surface area contributed by atoms with Gasteiger partial charge in [0.05, 0.1) is 5.75 Å². The third-order valence-electron chi connectivity index (χ3n) is 5.12. The Balaban J connectivity index is 1.48. The molecule has 1 fully saturated rings. The Morgan fingerprint density at radius 3 is 2.74 bits per heavy atom. The number of para-hydroxylation sites is 1. The molecular formula is C21H30N4OS. The van der Waals surface area contributed by atoms with Crippen LogP contribution in [0.4, 0.5) is 5.69 Å². The second-order valence-electron chi connectivity index (χ2n) is 8.39. The maximum atomic E-state index is 12.4. The maximum absolute atomic E-state index is 12.4. The Kier molecular flexibility index (Phi) is 6.58. The van der Waals surface area contributed by atoms with Crippen molar-refractivity contribution in [1.29, 1.82) is 0 Å².